The summed E-state index contributed by atoms with van der Waals surface area (Å²) in [5.74, 6) is -1.05. The molecule has 2 rings (SSSR count). The zero-order valence-electron chi connectivity index (χ0n) is 10.6. The summed E-state index contributed by atoms with van der Waals surface area (Å²) < 4.78 is 13.6. The first-order valence-electron chi connectivity index (χ1n) is 5.74. The number of hydrogen-bond acceptors (Lipinski definition) is 4. The second kappa shape index (κ2) is 5.36. The lowest BCUT2D eigenvalue weighted by molar-refractivity contribution is 0.102. The van der Waals surface area contributed by atoms with Gasteiger partial charge in [-0.15, -0.1) is 0 Å². The molecule has 0 aliphatic rings. The summed E-state index contributed by atoms with van der Waals surface area (Å²) >= 11 is 0. The van der Waals surface area contributed by atoms with Crippen LogP contribution in [-0.2, 0) is 0 Å². The monoisotopic (exact) mass is 270 g/mol. The van der Waals surface area contributed by atoms with Gasteiger partial charge in [-0.1, -0.05) is 0 Å². The lowest BCUT2D eigenvalue weighted by atomic mass is 10.1. The van der Waals surface area contributed by atoms with E-state index in [1.165, 1.54) is 25.3 Å². The van der Waals surface area contributed by atoms with Gasteiger partial charge in [0.15, 0.2) is 0 Å². The van der Waals surface area contributed by atoms with Gasteiger partial charge in [-0.05, 0) is 31.2 Å². The molecule has 1 amide bonds. The maximum atomic E-state index is 13.6. The molecule has 0 radical (unpaired) electrons. The Morgan fingerprint density at radius 1 is 1.45 bits per heavy atom. The van der Waals surface area contributed by atoms with E-state index in [0.717, 1.165) is 6.07 Å². The second-order valence-electron chi connectivity index (χ2n) is 4.17. The first-order valence-corrected chi connectivity index (χ1v) is 5.74. The van der Waals surface area contributed by atoms with Gasteiger partial charge in [0.25, 0.3) is 5.91 Å². The molecule has 1 heterocycles. The highest BCUT2D eigenvalue weighted by atomic mass is 19.1. The molecule has 0 unspecified atom stereocenters. The molecule has 1 aromatic carbocycles. The Morgan fingerprint density at radius 2 is 2.20 bits per heavy atom. The third kappa shape index (κ3) is 2.72. The summed E-state index contributed by atoms with van der Waals surface area (Å²) in [4.78, 5) is 15.8. The zero-order valence-corrected chi connectivity index (χ0v) is 10.6. The highest BCUT2D eigenvalue weighted by Crippen LogP contribution is 2.21. The van der Waals surface area contributed by atoms with Crippen molar-refractivity contribution in [3.05, 3.63) is 53.1 Å². The summed E-state index contributed by atoms with van der Waals surface area (Å²) in [6.45, 7) is 1.52. The van der Waals surface area contributed by atoms with E-state index in [9.17, 15) is 9.18 Å². The largest absolute Gasteiger partial charge is 0.397 e. The molecule has 5 nitrogen and oxygen atoms in total. The van der Waals surface area contributed by atoms with Crippen molar-refractivity contribution in [1.82, 2.24) is 4.98 Å². The zero-order chi connectivity index (χ0) is 14.7. The quantitative estimate of drug-likeness (QED) is 0.875. The Bertz CT molecular complexity index is 704. The van der Waals surface area contributed by atoms with Crippen LogP contribution < -0.4 is 11.1 Å². The average Bonchev–Trinajstić information content (AvgIpc) is 2.44. The molecule has 0 saturated heterocycles. The highest BCUT2D eigenvalue weighted by Gasteiger charge is 2.12. The average molecular weight is 270 g/mol. The Morgan fingerprint density at radius 3 is 2.80 bits per heavy atom. The molecule has 100 valence electrons. The van der Waals surface area contributed by atoms with Crippen molar-refractivity contribution in [3.8, 4) is 6.07 Å². The van der Waals surface area contributed by atoms with Crippen molar-refractivity contribution in [2.75, 3.05) is 11.1 Å². The van der Waals surface area contributed by atoms with Crippen LogP contribution in [0.2, 0.25) is 0 Å². The molecule has 0 aliphatic heterocycles. The van der Waals surface area contributed by atoms with Gasteiger partial charge >= 0.3 is 0 Å². The number of hydrogen-bond donors (Lipinski definition) is 2. The van der Waals surface area contributed by atoms with E-state index >= 15 is 0 Å². The normalized spacial score (nSPS) is 9.85. The summed E-state index contributed by atoms with van der Waals surface area (Å²) in [6.07, 6.45) is 1.36. The van der Waals surface area contributed by atoms with Crippen LogP contribution in [0.4, 0.5) is 15.8 Å². The molecule has 3 N–H and O–H groups in total. The third-order valence-electron chi connectivity index (χ3n) is 2.74. The number of carbonyl (C=O) groups excluding carboxylic acids is 1. The Labute approximate surface area is 114 Å². The van der Waals surface area contributed by atoms with Crippen LogP contribution in [0.15, 0.2) is 30.5 Å². The molecular formula is C14H11FN4O. The number of rotatable bonds is 2. The maximum Gasteiger partial charge on any atom is 0.274 e. The van der Waals surface area contributed by atoms with E-state index in [4.69, 9.17) is 11.0 Å². The number of halogens is 1. The summed E-state index contributed by atoms with van der Waals surface area (Å²) in [7, 11) is 0. The summed E-state index contributed by atoms with van der Waals surface area (Å²) in [5.41, 5.74) is 6.71. The van der Waals surface area contributed by atoms with Crippen molar-refractivity contribution in [3.63, 3.8) is 0 Å². The van der Waals surface area contributed by atoms with Crippen molar-refractivity contribution >= 4 is 17.3 Å². The Hall–Kier alpha value is -2.94. The van der Waals surface area contributed by atoms with E-state index in [1.807, 2.05) is 6.07 Å². The minimum absolute atomic E-state index is 0.133. The van der Waals surface area contributed by atoms with Crippen molar-refractivity contribution < 1.29 is 9.18 Å². The Kier molecular flexibility index (Phi) is 3.62. The summed E-state index contributed by atoms with van der Waals surface area (Å²) in [5, 5.41) is 11.3. The number of benzene rings is 1. The second-order valence-corrected chi connectivity index (χ2v) is 4.17. The van der Waals surface area contributed by atoms with E-state index in [1.54, 1.807) is 6.07 Å². The van der Waals surface area contributed by atoms with Crippen molar-refractivity contribution in [2.24, 2.45) is 0 Å². The van der Waals surface area contributed by atoms with Gasteiger partial charge in [-0.25, -0.2) is 9.37 Å². The molecule has 0 spiro atoms. The molecule has 6 heteroatoms. The number of aromatic nitrogens is 1. The molecule has 0 bridgehead atoms. The molecule has 1 aromatic heterocycles. The van der Waals surface area contributed by atoms with E-state index in [0.29, 0.717) is 5.69 Å². The minimum atomic E-state index is -0.551. The number of amides is 1. The molecular weight excluding hydrogens is 259 g/mol. The number of anilines is 2. The fourth-order valence-corrected chi connectivity index (χ4v) is 1.60. The highest BCUT2D eigenvalue weighted by molar-refractivity contribution is 6.03. The number of carbonyl (C=O) groups is 1. The van der Waals surface area contributed by atoms with Gasteiger partial charge in [0, 0.05) is 11.3 Å². The van der Waals surface area contributed by atoms with E-state index in [-0.39, 0.29) is 22.5 Å². The van der Waals surface area contributed by atoms with E-state index < -0.39 is 11.7 Å². The van der Waals surface area contributed by atoms with Crippen LogP contribution in [0.5, 0.6) is 0 Å². The van der Waals surface area contributed by atoms with Crippen LogP contribution in [0.1, 0.15) is 21.6 Å². The Balaban J connectivity index is 2.30. The van der Waals surface area contributed by atoms with Crippen molar-refractivity contribution in [1.29, 1.82) is 5.26 Å². The molecule has 0 aliphatic carbocycles. The summed E-state index contributed by atoms with van der Waals surface area (Å²) in [6, 6.07) is 7.37. The van der Waals surface area contributed by atoms with Crippen molar-refractivity contribution in [2.45, 2.75) is 6.92 Å². The first-order chi connectivity index (χ1) is 9.51. The molecule has 0 fully saturated rings. The van der Waals surface area contributed by atoms with Gasteiger partial charge in [-0.2, -0.15) is 5.26 Å². The van der Waals surface area contributed by atoms with Gasteiger partial charge in [0.05, 0.1) is 23.5 Å². The lowest BCUT2D eigenvalue weighted by Crippen LogP contribution is -2.15. The number of nitrogens with zero attached hydrogens (tertiary/aromatic N) is 2. The van der Waals surface area contributed by atoms with E-state index in [2.05, 4.69) is 10.3 Å². The number of nitrogens with two attached hydrogens (primary N) is 1. The van der Waals surface area contributed by atoms with Crippen LogP contribution in [0.25, 0.3) is 0 Å². The fraction of sp³-hybridized carbons (Fsp3) is 0.0714. The topological polar surface area (TPSA) is 91.8 Å². The predicted octanol–water partition coefficient (Wildman–Crippen LogP) is 2.24. The number of nitriles is 1. The van der Waals surface area contributed by atoms with Gasteiger partial charge < -0.3 is 11.1 Å². The smallest absolute Gasteiger partial charge is 0.274 e. The maximum absolute atomic E-state index is 13.6. The minimum Gasteiger partial charge on any atom is -0.397 e. The van der Waals surface area contributed by atoms with Crippen LogP contribution in [-0.4, -0.2) is 10.9 Å². The molecule has 0 saturated carbocycles. The number of pyridine rings is 1. The molecule has 0 atom stereocenters. The van der Waals surface area contributed by atoms with Crippen LogP contribution >= 0.6 is 0 Å². The van der Waals surface area contributed by atoms with Crippen LogP contribution in [0, 0.1) is 24.1 Å². The number of nitrogen functional groups attached to an aromatic ring is 1. The SMILES string of the molecule is Cc1c(F)cc(C#N)cc1NC(=O)c1ccc(N)cn1. The number of nitrogens with one attached hydrogen (secondary N) is 1. The first kappa shape index (κ1) is 13.5. The van der Waals surface area contributed by atoms with Gasteiger partial charge in [0.1, 0.15) is 11.5 Å². The van der Waals surface area contributed by atoms with Crippen LogP contribution in [0.3, 0.4) is 0 Å². The fourth-order valence-electron chi connectivity index (χ4n) is 1.60. The van der Waals surface area contributed by atoms with Gasteiger partial charge in [0.2, 0.25) is 0 Å². The molecule has 20 heavy (non-hydrogen) atoms. The third-order valence-corrected chi connectivity index (χ3v) is 2.74. The molecule has 2 aromatic rings. The predicted molar refractivity (Wildman–Crippen MR) is 72.5 cm³/mol. The van der Waals surface area contributed by atoms with Gasteiger partial charge in [-0.3, -0.25) is 4.79 Å². The lowest BCUT2D eigenvalue weighted by Gasteiger charge is -2.09. The standard InChI is InChI=1S/C14H11FN4O/c1-8-11(15)4-9(6-16)5-13(8)19-14(20)12-3-2-10(17)7-18-12/h2-5,7H,17H2,1H3,(H,19,20).